The molecular formula is C51H29N5O2. The maximum Gasteiger partial charge on any atom is 0.238 e. The van der Waals surface area contributed by atoms with Crippen LogP contribution < -0.4 is 0 Å². The van der Waals surface area contributed by atoms with E-state index in [1.807, 2.05) is 24.3 Å². The lowest BCUT2D eigenvalue weighted by Gasteiger charge is -2.11. The van der Waals surface area contributed by atoms with Crippen LogP contribution in [0.3, 0.4) is 0 Å². The molecule has 0 bridgehead atoms. The number of rotatable bonds is 4. The zero-order chi connectivity index (χ0) is 37.9. The van der Waals surface area contributed by atoms with Crippen LogP contribution in [0, 0.1) is 0 Å². The summed E-state index contributed by atoms with van der Waals surface area (Å²) < 4.78 is 17.6. The van der Waals surface area contributed by atoms with Crippen LogP contribution in [0.25, 0.3) is 122 Å². The number of para-hydroxylation sites is 6. The van der Waals surface area contributed by atoms with E-state index in [-0.39, 0.29) is 0 Å². The lowest BCUT2D eigenvalue weighted by Crippen LogP contribution is -2.06. The Labute approximate surface area is 329 Å². The van der Waals surface area contributed by atoms with Crippen molar-refractivity contribution in [2.24, 2.45) is 0 Å². The van der Waals surface area contributed by atoms with Gasteiger partial charge >= 0.3 is 0 Å². The molecular weight excluding hydrogens is 715 g/mol. The molecule has 0 radical (unpaired) electrons. The molecule has 5 heterocycles. The summed E-state index contributed by atoms with van der Waals surface area (Å²) in [5.41, 5.74) is 10.1. The third-order valence-electron chi connectivity index (χ3n) is 11.6. The van der Waals surface area contributed by atoms with E-state index >= 15 is 0 Å². The summed E-state index contributed by atoms with van der Waals surface area (Å²) in [6.07, 6.45) is 0. The molecule has 13 aromatic rings. The van der Waals surface area contributed by atoms with Crippen LogP contribution in [0.1, 0.15) is 0 Å². The van der Waals surface area contributed by atoms with E-state index in [4.69, 9.17) is 23.8 Å². The summed E-state index contributed by atoms with van der Waals surface area (Å²) in [6, 6.07) is 60.8. The minimum Gasteiger partial charge on any atom is -0.456 e. The molecule has 0 fully saturated rings. The fourth-order valence-corrected chi connectivity index (χ4v) is 9.01. The highest BCUT2D eigenvalue weighted by Gasteiger charge is 2.21. The predicted molar refractivity (Wildman–Crippen MR) is 234 cm³/mol. The first-order chi connectivity index (χ1) is 28.7. The fraction of sp³-hybridized carbons (Fsp3) is 0. The van der Waals surface area contributed by atoms with Crippen LogP contribution in [0.2, 0.25) is 0 Å². The van der Waals surface area contributed by atoms with Crippen molar-refractivity contribution in [2.45, 2.75) is 0 Å². The van der Waals surface area contributed by atoms with Gasteiger partial charge in [-0.2, -0.15) is 9.97 Å². The lowest BCUT2D eigenvalue weighted by atomic mass is 10.1. The van der Waals surface area contributed by atoms with Gasteiger partial charge in [-0.05, 0) is 60.7 Å². The number of hydrogen-bond acceptors (Lipinski definition) is 5. The Kier molecular flexibility index (Phi) is 6.32. The fourth-order valence-electron chi connectivity index (χ4n) is 9.01. The van der Waals surface area contributed by atoms with Crippen LogP contribution in [-0.4, -0.2) is 24.1 Å². The second-order valence-corrected chi connectivity index (χ2v) is 14.8. The number of nitrogens with zero attached hydrogens (tertiary/aromatic N) is 5. The first kappa shape index (κ1) is 31.2. The molecule has 58 heavy (non-hydrogen) atoms. The van der Waals surface area contributed by atoms with Crippen molar-refractivity contribution >= 4 is 87.5 Å². The Morgan fingerprint density at radius 1 is 0.328 bits per heavy atom. The maximum atomic E-state index is 6.87. The van der Waals surface area contributed by atoms with Gasteiger partial charge in [0.1, 0.15) is 16.7 Å². The molecule has 7 nitrogen and oxygen atoms in total. The number of hydrogen-bond donors (Lipinski definition) is 0. The van der Waals surface area contributed by atoms with E-state index in [1.54, 1.807) is 0 Å². The van der Waals surface area contributed by atoms with Crippen molar-refractivity contribution in [1.82, 2.24) is 24.1 Å². The Balaban J connectivity index is 1.04. The third kappa shape index (κ3) is 4.41. The molecule has 0 aliphatic carbocycles. The SMILES string of the molecule is c1ccc2c(c1)oc1cc(-c3nc(-c4ccc5c(c4)oc4c(-n6c7ccccc7c7ccccc76)cccc45)nc(-n4c5ccccc5c5ccccc54)n3)ccc12. The average molecular weight is 744 g/mol. The molecule has 0 saturated heterocycles. The summed E-state index contributed by atoms with van der Waals surface area (Å²) in [6.45, 7) is 0. The first-order valence-electron chi connectivity index (χ1n) is 19.4. The molecule has 13 rings (SSSR count). The van der Waals surface area contributed by atoms with Crippen LogP contribution >= 0.6 is 0 Å². The molecule has 0 aliphatic heterocycles. The van der Waals surface area contributed by atoms with Crippen molar-refractivity contribution in [3.05, 3.63) is 176 Å². The summed E-state index contributed by atoms with van der Waals surface area (Å²) in [5, 5.41) is 8.87. The van der Waals surface area contributed by atoms with Gasteiger partial charge in [0.05, 0.1) is 27.8 Å². The first-order valence-corrected chi connectivity index (χ1v) is 19.4. The standard InChI is InChI=1S/C51H29N5O2/c1-6-18-40-32(12-1)33-13-2-7-19-41(33)55(40)44-22-11-17-39-38-27-25-31(29-47(38)58-48(39)44)50-52-49(30-24-26-37-36-16-5-10-23-45(36)57-46(37)28-30)53-51(54-50)56-42-20-8-3-14-34(42)35-15-4-9-21-43(35)56/h1-29H. The van der Waals surface area contributed by atoms with Gasteiger partial charge in [0.2, 0.25) is 5.95 Å². The van der Waals surface area contributed by atoms with Crippen LogP contribution in [-0.2, 0) is 0 Å². The van der Waals surface area contributed by atoms with Crippen molar-refractivity contribution < 1.29 is 8.83 Å². The largest absolute Gasteiger partial charge is 0.456 e. The molecule has 0 atom stereocenters. The Hall–Kier alpha value is -8.03. The summed E-state index contributed by atoms with van der Waals surface area (Å²) >= 11 is 0. The maximum absolute atomic E-state index is 6.87. The van der Waals surface area contributed by atoms with E-state index in [0.717, 1.165) is 93.5 Å². The normalized spacial score (nSPS) is 12.1. The molecule has 8 aromatic carbocycles. The highest BCUT2D eigenvalue weighted by molar-refractivity contribution is 6.13. The zero-order valence-electron chi connectivity index (χ0n) is 30.8. The number of fused-ring (bicyclic) bond motifs is 12. The molecule has 270 valence electrons. The second-order valence-electron chi connectivity index (χ2n) is 14.8. The highest BCUT2D eigenvalue weighted by atomic mass is 16.3. The van der Waals surface area contributed by atoms with Gasteiger partial charge in [-0.15, -0.1) is 0 Å². The van der Waals surface area contributed by atoms with Gasteiger partial charge in [-0.1, -0.05) is 115 Å². The van der Waals surface area contributed by atoms with E-state index in [2.05, 4.69) is 161 Å². The molecule has 7 heteroatoms. The van der Waals surface area contributed by atoms with E-state index in [9.17, 15) is 0 Å². The molecule has 5 aromatic heterocycles. The van der Waals surface area contributed by atoms with Gasteiger partial charge in [0, 0.05) is 54.2 Å². The van der Waals surface area contributed by atoms with E-state index < -0.39 is 0 Å². The van der Waals surface area contributed by atoms with Crippen molar-refractivity contribution in [3.8, 4) is 34.4 Å². The summed E-state index contributed by atoms with van der Waals surface area (Å²) in [7, 11) is 0. The summed E-state index contributed by atoms with van der Waals surface area (Å²) in [5.74, 6) is 1.61. The quantitative estimate of drug-likeness (QED) is 0.179. The molecule has 0 aliphatic rings. The van der Waals surface area contributed by atoms with Crippen LogP contribution in [0.5, 0.6) is 0 Å². The lowest BCUT2D eigenvalue weighted by molar-refractivity contribution is 0.666. The van der Waals surface area contributed by atoms with Gasteiger partial charge in [-0.3, -0.25) is 4.57 Å². The predicted octanol–water partition coefficient (Wildman–Crippen LogP) is 13.2. The molecule has 0 saturated carbocycles. The minimum atomic E-state index is 0.528. The summed E-state index contributed by atoms with van der Waals surface area (Å²) in [4.78, 5) is 15.6. The smallest absolute Gasteiger partial charge is 0.238 e. The number of benzene rings is 8. The number of furan rings is 2. The molecule has 0 amide bonds. The van der Waals surface area contributed by atoms with Crippen LogP contribution in [0.15, 0.2) is 185 Å². The topological polar surface area (TPSA) is 74.8 Å². The van der Waals surface area contributed by atoms with E-state index in [1.165, 1.54) is 10.8 Å². The Morgan fingerprint density at radius 2 is 0.776 bits per heavy atom. The third-order valence-corrected chi connectivity index (χ3v) is 11.6. The minimum absolute atomic E-state index is 0.528. The van der Waals surface area contributed by atoms with Crippen LogP contribution in [0.4, 0.5) is 0 Å². The van der Waals surface area contributed by atoms with Gasteiger partial charge in [-0.25, -0.2) is 4.98 Å². The van der Waals surface area contributed by atoms with Crippen molar-refractivity contribution in [2.75, 3.05) is 0 Å². The Morgan fingerprint density at radius 3 is 1.36 bits per heavy atom. The van der Waals surface area contributed by atoms with Crippen molar-refractivity contribution in [3.63, 3.8) is 0 Å². The zero-order valence-corrected chi connectivity index (χ0v) is 30.8. The highest BCUT2D eigenvalue weighted by Crippen LogP contribution is 2.40. The monoisotopic (exact) mass is 743 g/mol. The second kappa shape index (κ2) is 11.7. The molecule has 0 spiro atoms. The molecule has 0 N–H and O–H groups in total. The molecule has 0 unspecified atom stereocenters. The van der Waals surface area contributed by atoms with Gasteiger partial charge < -0.3 is 13.4 Å². The Bertz CT molecular complexity index is 3720. The van der Waals surface area contributed by atoms with Gasteiger partial charge in [0.15, 0.2) is 17.2 Å². The average Bonchev–Trinajstić information content (AvgIpc) is 4.03. The van der Waals surface area contributed by atoms with Gasteiger partial charge in [0.25, 0.3) is 0 Å². The van der Waals surface area contributed by atoms with E-state index in [0.29, 0.717) is 17.6 Å². The number of aromatic nitrogens is 5. The van der Waals surface area contributed by atoms with Crippen molar-refractivity contribution in [1.29, 1.82) is 0 Å².